The predicted molar refractivity (Wildman–Crippen MR) is 102 cm³/mol. The van der Waals surface area contributed by atoms with Crippen molar-refractivity contribution < 1.29 is 4.74 Å². The van der Waals surface area contributed by atoms with Crippen molar-refractivity contribution >= 4 is 11.0 Å². The fourth-order valence-electron chi connectivity index (χ4n) is 3.55. The standard InChI is InChI=1S/C21H25N3O/c1-21(9-12-24(2)13-10-21)15-25-18-8-11-22-20-19(18)17(14-23-20)16-6-4-3-5-7-16/h3-8,11,14H,9-10,12-13,15H2,1-2H3,(H,22,23). The second-order valence-corrected chi connectivity index (χ2v) is 7.50. The maximum Gasteiger partial charge on any atom is 0.141 e. The van der Waals surface area contributed by atoms with Gasteiger partial charge in [-0.15, -0.1) is 0 Å². The molecule has 0 bridgehead atoms. The predicted octanol–water partition coefficient (Wildman–Crippen LogP) is 4.34. The highest BCUT2D eigenvalue weighted by molar-refractivity contribution is 5.97. The number of piperidine rings is 1. The quantitative estimate of drug-likeness (QED) is 0.771. The van der Waals surface area contributed by atoms with Crippen molar-refractivity contribution in [3.05, 3.63) is 48.8 Å². The van der Waals surface area contributed by atoms with Crippen LogP contribution < -0.4 is 4.74 Å². The second kappa shape index (κ2) is 6.52. The number of likely N-dealkylation sites (tertiary alicyclic amines) is 1. The van der Waals surface area contributed by atoms with Crippen LogP contribution in [0.25, 0.3) is 22.2 Å². The van der Waals surface area contributed by atoms with E-state index in [0.29, 0.717) is 0 Å². The van der Waals surface area contributed by atoms with E-state index in [-0.39, 0.29) is 5.41 Å². The summed E-state index contributed by atoms with van der Waals surface area (Å²) < 4.78 is 6.34. The zero-order chi connectivity index (χ0) is 17.3. The molecule has 1 saturated heterocycles. The molecule has 0 aliphatic carbocycles. The Morgan fingerprint density at radius 2 is 1.92 bits per heavy atom. The first kappa shape index (κ1) is 16.2. The van der Waals surface area contributed by atoms with E-state index in [2.05, 4.69) is 53.1 Å². The van der Waals surface area contributed by atoms with E-state index in [4.69, 9.17) is 4.74 Å². The first-order valence-electron chi connectivity index (χ1n) is 8.97. The van der Waals surface area contributed by atoms with Gasteiger partial charge in [-0.1, -0.05) is 37.3 Å². The number of rotatable bonds is 4. The highest BCUT2D eigenvalue weighted by Gasteiger charge is 2.30. The molecule has 4 heteroatoms. The minimum absolute atomic E-state index is 0.241. The van der Waals surface area contributed by atoms with Gasteiger partial charge in [0.05, 0.1) is 12.0 Å². The van der Waals surface area contributed by atoms with Crippen LogP contribution in [0.15, 0.2) is 48.8 Å². The Morgan fingerprint density at radius 1 is 1.16 bits per heavy atom. The molecule has 1 aliphatic heterocycles. The molecule has 0 unspecified atom stereocenters. The van der Waals surface area contributed by atoms with Crippen LogP contribution >= 0.6 is 0 Å². The molecular weight excluding hydrogens is 310 g/mol. The van der Waals surface area contributed by atoms with Crippen LogP contribution in [0, 0.1) is 5.41 Å². The van der Waals surface area contributed by atoms with Gasteiger partial charge < -0.3 is 14.6 Å². The molecule has 1 N–H and O–H groups in total. The smallest absolute Gasteiger partial charge is 0.141 e. The third-order valence-corrected chi connectivity index (χ3v) is 5.39. The topological polar surface area (TPSA) is 41.1 Å². The Bertz CT molecular complexity index is 848. The summed E-state index contributed by atoms with van der Waals surface area (Å²) in [6.07, 6.45) is 6.20. The third-order valence-electron chi connectivity index (χ3n) is 5.39. The van der Waals surface area contributed by atoms with Gasteiger partial charge in [0.1, 0.15) is 11.4 Å². The normalized spacial score (nSPS) is 17.7. The minimum Gasteiger partial charge on any atom is -0.492 e. The lowest BCUT2D eigenvalue weighted by atomic mass is 9.81. The van der Waals surface area contributed by atoms with Gasteiger partial charge in [0.25, 0.3) is 0 Å². The molecule has 3 aromatic rings. The Kier molecular flexibility index (Phi) is 4.22. The number of aromatic amines is 1. The van der Waals surface area contributed by atoms with Crippen molar-refractivity contribution in [2.24, 2.45) is 5.41 Å². The van der Waals surface area contributed by atoms with E-state index < -0.39 is 0 Å². The van der Waals surface area contributed by atoms with Crippen LogP contribution in [0.4, 0.5) is 0 Å². The van der Waals surface area contributed by atoms with Gasteiger partial charge in [0.15, 0.2) is 0 Å². The number of benzene rings is 1. The molecule has 25 heavy (non-hydrogen) atoms. The zero-order valence-electron chi connectivity index (χ0n) is 15.0. The molecule has 4 nitrogen and oxygen atoms in total. The van der Waals surface area contributed by atoms with E-state index >= 15 is 0 Å². The number of ether oxygens (including phenoxy) is 1. The van der Waals surface area contributed by atoms with Crippen molar-refractivity contribution in [3.63, 3.8) is 0 Å². The van der Waals surface area contributed by atoms with E-state index in [1.807, 2.05) is 24.5 Å². The summed E-state index contributed by atoms with van der Waals surface area (Å²) in [5.74, 6) is 0.922. The average Bonchev–Trinajstić information content (AvgIpc) is 3.08. The number of nitrogens with one attached hydrogen (secondary N) is 1. The molecule has 0 saturated carbocycles. The Hall–Kier alpha value is -2.33. The maximum absolute atomic E-state index is 6.34. The largest absolute Gasteiger partial charge is 0.492 e. The van der Waals surface area contributed by atoms with Gasteiger partial charge in [-0.3, -0.25) is 0 Å². The Labute approximate surface area is 148 Å². The number of hydrogen-bond donors (Lipinski definition) is 1. The van der Waals surface area contributed by atoms with Crippen LogP contribution in [0.2, 0.25) is 0 Å². The Morgan fingerprint density at radius 3 is 2.68 bits per heavy atom. The summed E-state index contributed by atoms with van der Waals surface area (Å²) in [7, 11) is 2.19. The van der Waals surface area contributed by atoms with E-state index in [1.54, 1.807) is 0 Å². The lowest BCUT2D eigenvalue weighted by Crippen LogP contribution is -2.39. The van der Waals surface area contributed by atoms with Gasteiger partial charge in [-0.05, 0) is 44.6 Å². The first-order chi connectivity index (χ1) is 12.1. The highest BCUT2D eigenvalue weighted by atomic mass is 16.5. The summed E-state index contributed by atoms with van der Waals surface area (Å²) in [5.41, 5.74) is 3.44. The minimum atomic E-state index is 0.241. The van der Waals surface area contributed by atoms with Gasteiger partial charge in [-0.25, -0.2) is 4.98 Å². The van der Waals surface area contributed by atoms with E-state index in [1.165, 1.54) is 18.4 Å². The van der Waals surface area contributed by atoms with Crippen LogP contribution in [0.1, 0.15) is 19.8 Å². The molecule has 2 aromatic heterocycles. The number of aromatic nitrogens is 2. The van der Waals surface area contributed by atoms with Crippen molar-refractivity contribution in [2.45, 2.75) is 19.8 Å². The summed E-state index contributed by atoms with van der Waals surface area (Å²) in [6, 6.07) is 12.4. The van der Waals surface area contributed by atoms with Crippen molar-refractivity contribution in [2.75, 3.05) is 26.7 Å². The van der Waals surface area contributed by atoms with Crippen molar-refractivity contribution in [1.82, 2.24) is 14.9 Å². The van der Waals surface area contributed by atoms with Crippen LogP contribution in [-0.4, -0.2) is 41.6 Å². The summed E-state index contributed by atoms with van der Waals surface area (Å²) in [5, 5.41) is 1.07. The number of H-pyrrole nitrogens is 1. The molecule has 0 radical (unpaired) electrons. The van der Waals surface area contributed by atoms with E-state index in [0.717, 1.165) is 42.0 Å². The van der Waals surface area contributed by atoms with Crippen molar-refractivity contribution in [3.8, 4) is 16.9 Å². The highest BCUT2D eigenvalue weighted by Crippen LogP contribution is 2.36. The number of nitrogens with zero attached hydrogens (tertiary/aromatic N) is 2. The van der Waals surface area contributed by atoms with Crippen LogP contribution in [0.3, 0.4) is 0 Å². The lowest BCUT2D eigenvalue weighted by molar-refractivity contribution is 0.0811. The first-order valence-corrected chi connectivity index (χ1v) is 8.97. The molecular formula is C21H25N3O. The number of pyridine rings is 1. The van der Waals surface area contributed by atoms with Crippen LogP contribution in [-0.2, 0) is 0 Å². The molecule has 1 aliphatic rings. The number of hydrogen-bond acceptors (Lipinski definition) is 3. The van der Waals surface area contributed by atoms with E-state index in [9.17, 15) is 0 Å². The molecule has 130 valence electrons. The molecule has 1 aromatic carbocycles. The molecule has 0 amide bonds. The monoisotopic (exact) mass is 335 g/mol. The molecule has 3 heterocycles. The van der Waals surface area contributed by atoms with Crippen LogP contribution in [0.5, 0.6) is 5.75 Å². The third kappa shape index (κ3) is 3.27. The number of fused-ring (bicyclic) bond motifs is 1. The van der Waals surface area contributed by atoms with Crippen molar-refractivity contribution in [1.29, 1.82) is 0 Å². The molecule has 0 spiro atoms. The lowest BCUT2D eigenvalue weighted by Gasteiger charge is -2.37. The fraction of sp³-hybridized carbons (Fsp3) is 0.381. The molecule has 0 atom stereocenters. The van der Waals surface area contributed by atoms with Gasteiger partial charge in [0, 0.05) is 23.4 Å². The molecule has 1 fully saturated rings. The van der Waals surface area contributed by atoms with Gasteiger partial charge in [0.2, 0.25) is 0 Å². The fourth-order valence-corrected chi connectivity index (χ4v) is 3.55. The Balaban J connectivity index is 1.63. The van der Waals surface area contributed by atoms with Gasteiger partial charge in [-0.2, -0.15) is 0 Å². The zero-order valence-corrected chi connectivity index (χ0v) is 15.0. The maximum atomic E-state index is 6.34. The SMILES string of the molecule is CN1CCC(C)(COc2ccnc3[nH]cc(-c4ccccc4)c23)CC1. The summed E-state index contributed by atoms with van der Waals surface area (Å²) >= 11 is 0. The summed E-state index contributed by atoms with van der Waals surface area (Å²) in [6.45, 7) is 5.38. The second-order valence-electron chi connectivity index (χ2n) is 7.50. The average molecular weight is 335 g/mol. The molecule has 4 rings (SSSR count). The summed E-state index contributed by atoms with van der Waals surface area (Å²) in [4.78, 5) is 10.1. The van der Waals surface area contributed by atoms with Gasteiger partial charge >= 0.3 is 0 Å².